The van der Waals surface area contributed by atoms with E-state index in [0.29, 0.717) is 11.3 Å². The Kier molecular flexibility index (Phi) is 5.33. The van der Waals surface area contributed by atoms with Crippen molar-refractivity contribution >= 4 is 21.4 Å². The Labute approximate surface area is 131 Å². The van der Waals surface area contributed by atoms with Gasteiger partial charge in [0.2, 0.25) is 5.91 Å². The van der Waals surface area contributed by atoms with Crippen molar-refractivity contribution in [1.82, 2.24) is 0 Å². The second-order valence-corrected chi connectivity index (χ2v) is 7.26. The Bertz CT molecular complexity index is 722. The van der Waals surface area contributed by atoms with E-state index in [4.69, 9.17) is 0 Å². The zero-order valence-corrected chi connectivity index (χ0v) is 13.3. The van der Waals surface area contributed by atoms with Gasteiger partial charge >= 0.3 is 0 Å². The van der Waals surface area contributed by atoms with Gasteiger partial charge in [0.1, 0.15) is 0 Å². The number of rotatable bonds is 6. The zero-order valence-electron chi connectivity index (χ0n) is 12.5. The van der Waals surface area contributed by atoms with Crippen LogP contribution in [0, 0.1) is 6.92 Å². The molecule has 0 atom stereocenters. The molecule has 0 radical (unpaired) electrons. The number of sulfone groups is 1. The van der Waals surface area contributed by atoms with E-state index in [0.717, 1.165) is 11.3 Å². The molecule has 0 aliphatic heterocycles. The van der Waals surface area contributed by atoms with Crippen molar-refractivity contribution in [2.75, 3.05) is 11.1 Å². The van der Waals surface area contributed by atoms with Crippen LogP contribution in [0.1, 0.15) is 18.4 Å². The van der Waals surface area contributed by atoms with Crippen LogP contribution in [0.5, 0.6) is 0 Å². The normalized spacial score (nSPS) is 11.1. The number of hydrogen-bond acceptors (Lipinski definition) is 3. The van der Waals surface area contributed by atoms with Gasteiger partial charge in [0, 0.05) is 12.1 Å². The smallest absolute Gasteiger partial charge is 0.224 e. The number of aryl methyl sites for hydroxylation is 1. The average molecular weight is 317 g/mol. The second kappa shape index (κ2) is 7.22. The molecule has 5 heteroatoms. The average Bonchev–Trinajstić information content (AvgIpc) is 2.50. The van der Waals surface area contributed by atoms with Crippen LogP contribution < -0.4 is 5.32 Å². The largest absolute Gasteiger partial charge is 0.326 e. The van der Waals surface area contributed by atoms with Crippen LogP contribution in [-0.4, -0.2) is 20.1 Å². The Morgan fingerprint density at radius 1 is 1.00 bits per heavy atom. The summed E-state index contributed by atoms with van der Waals surface area (Å²) in [5.74, 6) is -0.203. The number of amides is 1. The molecule has 0 saturated heterocycles. The Balaban J connectivity index is 1.83. The van der Waals surface area contributed by atoms with Crippen LogP contribution in [0.4, 0.5) is 5.69 Å². The molecule has 1 N–H and O–H groups in total. The SMILES string of the molecule is Cc1ccc(NC(=O)CCCS(=O)(=O)c2ccccc2)cc1. The first-order chi connectivity index (χ1) is 10.5. The van der Waals surface area contributed by atoms with Crippen molar-refractivity contribution in [3.8, 4) is 0 Å². The minimum absolute atomic E-state index is 0.0294. The summed E-state index contributed by atoms with van der Waals surface area (Å²) in [6.07, 6.45) is 0.481. The van der Waals surface area contributed by atoms with Crippen molar-refractivity contribution in [3.63, 3.8) is 0 Å². The quantitative estimate of drug-likeness (QED) is 0.890. The Morgan fingerprint density at radius 3 is 2.27 bits per heavy atom. The van der Waals surface area contributed by atoms with Crippen molar-refractivity contribution in [3.05, 3.63) is 60.2 Å². The third-order valence-corrected chi connectivity index (χ3v) is 5.07. The fourth-order valence-corrected chi connectivity index (χ4v) is 3.36. The molecule has 2 rings (SSSR count). The van der Waals surface area contributed by atoms with E-state index in [1.54, 1.807) is 30.3 Å². The number of hydrogen-bond donors (Lipinski definition) is 1. The Hall–Kier alpha value is -2.14. The maximum absolute atomic E-state index is 12.1. The standard InChI is InChI=1S/C17H19NO3S/c1-14-9-11-15(12-10-14)18-17(19)8-5-13-22(20,21)16-6-3-2-4-7-16/h2-4,6-7,9-12H,5,8,13H2,1H3,(H,18,19). The minimum atomic E-state index is -3.31. The van der Waals surface area contributed by atoms with Gasteiger partial charge in [-0.2, -0.15) is 0 Å². The van der Waals surface area contributed by atoms with E-state index >= 15 is 0 Å². The van der Waals surface area contributed by atoms with Gasteiger partial charge in [-0.1, -0.05) is 35.9 Å². The van der Waals surface area contributed by atoms with Gasteiger partial charge in [-0.15, -0.1) is 0 Å². The fraction of sp³-hybridized carbons (Fsp3) is 0.235. The predicted molar refractivity (Wildman–Crippen MR) is 87.5 cm³/mol. The highest BCUT2D eigenvalue weighted by atomic mass is 32.2. The van der Waals surface area contributed by atoms with Crippen molar-refractivity contribution in [1.29, 1.82) is 0 Å². The highest BCUT2D eigenvalue weighted by molar-refractivity contribution is 7.91. The number of carbonyl (C=O) groups is 1. The van der Waals surface area contributed by atoms with Crippen molar-refractivity contribution < 1.29 is 13.2 Å². The van der Waals surface area contributed by atoms with Crippen LogP contribution in [0.3, 0.4) is 0 Å². The lowest BCUT2D eigenvalue weighted by Gasteiger charge is -2.06. The van der Waals surface area contributed by atoms with E-state index in [1.807, 2.05) is 31.2 Å². The van der Waals surface area contributed by atoms with Gasteiger partial charge in [-0.05, 0) is 37.6 Å². The van der Waals surface area contributed by atoms with Gasteiger partial charge in [0.05, 0.1) is 10.6 Å². The minimum Gasteiger partial charge on any atom is -0.326 e. The predicted octanol–water partition coefficient (Wildman–Crippen LogP) is 3.19. The highest BCUT2D eigenvalue weighted by Crippen LogP contribution is 2.13. The molecule has 2 aromatic carbocycles. The number of anilines is 1. The lowest BCUT2D eigenvalue weighted by molar-refractivity contribution is -0.116. The first-order valence-corrected chi connectivity index (χ1v) is 8.77. The summed E-state index contributed by atoms with van der Waals surface area (Å²) < 4.78 is 24.2. The number of carbonyl (C=O) groups excluding carboxylic acids is 1. The Morgan fingerprint density at radius 2 is 1.64 bits per heavy atom. The summed E-state index contributed by atoms with van der Waals surface area (Å²) in [4.78, 5) is 12.1. The third kappa shape index (κ3) is 4.70. The zero-order chi connectivity index (χ0) is 16.0. The number of benzene rings is 2. The lowest BCUT2D eigenvalue weighted by atomic mass is 10.2. The van der Waals surface area contributed by atoms with E-state index in [2.05, 4.69) is 5.32 Å². The topological polar surface area (TPSA) is 63.2 Å². The molecular formula is C17H19NO3S. The molecular weight excluding hydrogens is 298 g/mol. The summed E-state index contributed by atoms with van der Waals surface area (Å²) in [6, 6.07) is 15.8. The molecule has 1 amide bonds. The molecule has 0 saturated carbocycles. The maximum atomic E-state index is 12.1. The summed E-state index contributed by atoms with van der Waals surface area (Å²) in [6.45, 7) is 1.97. The van der Waals surface area contributed by atoms with Crippen LogP contribution in [0.2, 0.25) is 0 Å². The van der Waals surface area contributed by atoms with E-state index < -0.39 is 9.84 Å². The van der Waals surface area contributed by atoms with Gasteiger partial charge in [0.15, 0.2) is 9.84 Å². The lowest BCUT2D eigenvalue weighted by Crippen LogP contribution is -2.14. The molecule has 0 heterocycles. The molecule has 116 valence electrons. The van der Waals surface area contributed by atoms with Gasteiger partial charge in [-0.3, -0.25) is 4.79 Å². The summed E-state index contributed by atoms with van der Waals surface area (Å²) >= 11 is 0. The van der Waals surface area contributed by atoms with Gasteiger partial charge in [-0.25, -0.2) is 8.42 Å². The van der Waals surface area contributed by atoms with E-state index in [1.165, 1.54) is 0 Å². The first kappa shape index (κ1) is 16.2. The monoisotopic (exact) mass is 317 g/mol. The molecule has 22 heavy (non-hydrogen) atoms. The van der Waals surface area contributed by atoms with E-state index in [9.17, 15) is 13.2 Å². The summed E-state index contributed by atoms with van der Waals surface area (Å²) in [5.41, 5.74) is 1.84. The third-order valence-electron chi connectivity index (χ3n) is 3.25. The molecule has 0 unspecified atom stereocenters. The first-order valence-electron chi connectivity index (χ1n) is 7.12. The molecule has 0 fully saturated rings. The van der Waals surface area contributed by atoms with Crippen molar-refractivity contribution in [2.24, 2.45) is 0 Å². The molecule has 0 bridgehead atoms. The molecule has 4 nitrogen and oxygen atoms in total. The molecule has 0 aliphatic rings. The summed E-state index contributed by atoms with van der Waals surface area (Å²) in [7, 11) is -3.31. The summed E-state index contributed by atoms with van der Waals surface area (Å²) in [5, 5.41) is 2.76. The highest BCUT2D eigenvalue weighted by Gasteiger charge is 2.14. The molecule has 2 aromatic rings. The van der Waals surface area contributed by atoms with Crippen LogP contribution >= 0.6 is 0 Å². The maximum Gasteiger partial charge on any atom is 0.224 e. The van der Waals surface area contributed by atoms with Crippen LogP contribution in [0.15, 0.2) is 59.5 Å². The second-order valence-electron chi connectivity index (χ2n) is 5.15. The molecule has 0 aromatic heterocycles. The van der Waals surface area contributed by atoms with Gasteiger partial charge in [0.25, 0.3) is 0 Å². The molecule has 0 spiro atoms. The van der Waals surface area contributed by atoms with Crippen molar-refractivity contribution in [2.45, 2.75) is 24.7 Å². The fourth-order valence-electron chi connectivity index (χ4n) is 2.03. The van der Waals surface area contributed by atoms with Gasteiger partial charge < -0.3 is 5.32 Å². The molecule has 0 aliphatic carbocycles. The van der Waals surface area contributed by atoms with Crippen LogP contribution in [0.25, 0.3) is 0 Å². The van der Waals surface area contributed by atoms with E-state index in [-0.39, 0.29) is 18.1 Å². The van der Waals surface area contributed by atoms with Crippen LogP contribution in [-0.2, 0) is 14.6 Å². The number of nitrogens with one attached hydrogen (secondary N) is 1.